The van der Waals surface area contributed by atoms with Crippen LogP contribution in [0.2, 0.25) is 0 Å². The van der Waals surface area contributed by atoms with Crippen molar-refractivity contribution in [2.45, 2.75) is 39.7 Å². The third-order valence-electron chi connectivity index (χ3n) is 3.00. The molecule has 4 nitrogen and oxygen atoms in total. The number of nitrogens with zero attached hydrogens (tertiary/aromatic N) is 2. The fraction of sp³-hybridized carbons (Fsp3) is 0.667. The van der Waals surface area contributed by atoms with Gasteiger partial charge in [-0.1, -0.05) is 18.6 Å². The molecule has 0 amide bonds. The lowest BCUT2D eigenvalue weighted by Gasteiger charge is -2.07. The molecular weight excluding hydrogens is 238 g/mol. The molecule has 0 saturated heterocycles. The zero-order chi connectivity index (χ0) is 13.9. The Kier molecular flexibility index (Phi) is 8.18. The maximum Gasteiger partial charge on any atom is 0.112 e. The average Bonchev–Trinajstić information content (AvgIpc) is 2.81. The van der Waals surface area contributed by atoms with Gasteiger partial charge in [-0.05, 0) is 26.3 Å². The predicted octanol–water partition coefficient (Wildman–Crippen LogP) is 2.41. The number of rotatable bonds is 10. The summed E-state index contributed by atoms with van der Waals surface area (Å²) in [5, 5.41) is 3.34. The molecule has 0 saturated carbocycles. The highest BCUT2D eigenvalue weighted by molar-refractivity contribution is 5.08. The van der Waals surface area contributed by atoms with E-state index in [9.17, 15) is 0 Å². The SMILES string of the molecule is CCCn1ccnc1CC(C)=CCCNCCOC. The second kappa shape index (κ2) is 9.75. The Balaban J connectivity index is 2.28. The van der Waals surface area contributed by atoms with Crippen molar-refractivity contribution in [3.8, 4) is 0 Å². The van der Waals surface area contributed by atoms with Crippen LogP contribution in [0.15, 0.2) is 24.0 Å². The smallest absolute Gasteiger partial charge is 0.112 e. The molecule has 108 valence electrons. The molecule has 1 N–H and O–H groups in total. The number of hydrogen-bond donors (Lipinski definition) is 1. The summed E-state index contributed by atoms with van der Waals surface area (Å²) in [5.74, 6) is 1.17. The summed E-state index contributed by atoms with van der Waals surface area (Å²) >= 11 is 0. The third kappa shape index (κ3) is 6.55. The van der Waals surface area contributed by atoms with Gasteiger partial charge in [0, 0.05) is 39.0 Å². The van der Waals surface area contributed by atoms with Gasteiger partial charge in [0.2, 0.25) is 0 Å². The second-order valence-electron chi connectivity index (χ2n) is 4.80. The monoisotopic (exact) mass is 265 g/mol. The molecule has 0 bridgehead atoms. The van der Waals surface area contributed by atoms with Gasteiger partial charge in [0.1, 0.15) is 5.82 Å². The Hall–Kier alpha value is -1.13. The van der Waals surface area contributed by atoms with Crippen LogP contribution >= 0.6 is 0 Å². The highest BCUT2D eigenvalue weighted by atomic mass is 16.5. The normalized spacial score (nSPS) is 12.1. The predicted molar refractivity (Wildman–Crippen MR) is 79.3 cm³/mol. The van der Waals surface area contributed by atoms with Crippen LogP contribution in [0, 0.1) is 0 Å². The molecule has 1 heterocycles. The van der Waals surface area contributed by atoms with Crippen LogP contribution in [0.3, 0.4) is 0 Å². The summed E-state index contributed by atoms with van der Waals surface area (Å²) in [7, 11) is 1.73. The van der Waals surface area contributed by atoms with Gasteiger partial charge in [0.05, 0.1) is 6.61 Å². The van der Waals surface area contributed by atoms with Crippen molar-refractivity contribution in [2.24, 2.45) is 0 Å². The van der Waals surface area contributed by atoms with Gasteiger partial charge in [-0.25, -0.2) is 4.98 Å². The zero-order valence-corrected chi connectivity index (χ0v) is 12.5. The summed E-state index contributed by atoms with van der Waals surface area (Å²) in [4.78, 5) is 4.43. The molecule has 0 aliphatic carbocycles. The van der Waals surface area contributed by atoms with Gasteiger partial charge < -0.3 is 14.6 Å². The number of ether oxygens (including phenoxy) is 1. The fourth-order valence-corrected chi connectivity index (χ4v) is 1.99. The lowest BCUT2D eigenvalue weighted by Crippen LogP contribution is -2.19. The number of nitrogens with one attached hydrogen (secondary N) is 1. The Morgan fingerprint density at radius 1 is 1.47 bits per heavy atom. The summed E-state index contributed by atoms with van der Waals surface area (Å²) in [6.45, 7) is 8.13. The van der Waals surface area contributed by atoms with Crippen molar-refractivity contribution in [1.82, 2.24) is 14.9 Å². The standard InChI is InChI=1S/C15H27N3O/c1-4-10-18-11-8-17-15(18)13-14(2)6-5-7-16-9-12-19-3/h6,8,11,16H,4-5,7,9-10,12-13H2,1-3H3. The topological polar surface area (TPSA) is 39.1 Å². The molecule has 0 fully saturated rings. The van der Waals surface area contributed by atoms with Crippen molar-refractivity contribution in [3.05, 3.63) is 29.9 Å². The van der Waals surface area contributed by atoms with Gasteiger partial charge in [-0.2, -0.15) is 0 Å². The molecule has 0 radical (unpaired) electrons. The van der Waals surface area contributed by atoms with Crippen LogP contribution in [-0.4, -0.2) is 36.4 Å². The van der Waals surface area contributed by atoms with Gasteiger partial charge in [-0.15, -0.1) is 0 Å². The van der Waals surface area contributed by atoms with Gasteiger partial charge in [-0.3, -0.25) is 0 Å². The van der Waals surface area contributed by atoms with E-state index < -0.39 is 0 Å². The first-order chi connectivity index (χ1) is 9.27. The van der Waals surface area contributed by atoms with E-state index in [0.717, 1.165) is 45.5 Å². The van der Waals surface area contributed by atoms with Crippen LogP contribution < -0.4 is 5.32 Å². The van der Waals surface area contributed by atoms with Crippen molar-refractivity contribution in [3.63, 3.8) is 0 Å². The molecule has 1 aromatic heterocycles. The molecule has 0 aliphatic heterocycles. The van der Waals surface area contributed by atoms with E-state index in [-0.39, 0.29) is 0 Å². The molecule has 19 heavy (non-hydrogen) atoms. The van der Waals surface area contributed by atoms with Crippen LogP contribution in [0.1, 0.15) is 32.5 Å². The van der Waals surface area contributed by atoms with E-state index in [1.54, 1.807) is 7.11 Å². The molecular formula is C15H27N3O. The molecule has 0 aromatic carbocycles. The van der Waals surface area contributed by atoms with E-state index in [1.807, 2.05) is 6.20 Å². The van der Waals surface area contributed by atoms with E-state index in [4.69, 9.17) is 4.74 Å². The molecule has 0 spiro atoms. The van der Waals surface area contributed by atoms with E-state index >= 15 is 0 Å². The molecule has 0 atom stereocenters. The quantitative estimate of drug-likeness (QED) is 0.521. The van der Waals surface area contributed by atoms with Gasteiger partial charge in [0.25, 0.3) is 0 Å². The number of hydrogen-bond acceptors (Lipinski definition) is 3. The number of allylic oxidation sites excluding steroid dienone is 1. The third-order valence-corrected chi connectivity index (χ3v) is 3.00. The molecule has 0 unspecified atom stereocenters. The first-order valence-corrected chi connectivity index (χ1v) is 7.13. The maximum absolute atomic E-state index is 4.99. The fourth-order valence-electron chi connectivity index (χ4n) is 1.99. The Morgan fingerprint density at radius 3 is 3.05 bits per heavy atom. The number of aryl methyl sites for hydroxylation is 1. The second-order valence-corrected chi connectivity index (χ2v) is 4.80. The van der Waals surface area contributed by atoms with E-state index in [2.05, 4.69) is 41.0 Å². The van der Waals surface area contributed by atoms with E-state index in [1.165, 1.54) is 11.4 Å². The minimum Gasteiger partial charge on any atom is -0.383 e. The summed E-state index contributed by atoms with van der Waals surface area (Å²) in [5.41, 5.74) is 1.39. The van der Waals surface area contributed by atoms with Crippen molar-refractivity contribution in [2.75, 3.05) is 26.8 Å². The highest BCUT2D eigenvalue weighted by Gasteiger charge is 2.02. The number of aromatic nitrogens is 2. The van der Waals surface area contributed by atoms with Crippen LogP contribution in [0.5, 0.6) is 0 Å². The van der Waals surface area contributed by atoms with Gasteiger partial charge >= 0.3 is 0 Å². The minimum atomic E-state index is 0.775. The largest absolute Gasteiger partial charge is 0.383 e. The van der Waals surface area contributed by atoms with E-state index in [0.29, 0.717) is 0 Å². The maximum atomic E-state index is 4.99. The molecule has 4 heteroatoms. The Morgan fingerprint density at radius 2 is 2.32 bits per heavy atom. The van der Waals surface area contributed by atoms with Gasteiger partial charge in [0.15, 0.2) is 0 Å². The summed E-state index contributed by atoms with van der Waals surface area (Å²) < 4.78 is 7.23. The van der Waals surface area contributed by atoms with Crippen LogP contribution in [0.25, 0.3) is 0 Å². The lowest BCUT2D eigenvalue weighted by atomic mass is 10.1. The summed E-state index contributed by atoms with van der Waals surface area (Å²) in [6.07, 6.45) is 9.42. The van der Waals surface area contributed by atoms with Crippen molar-refractivity contribution in [1.29, 1.82) is 0 Å². The molecule has 1 rings (SSSR count). The number of methoxy groups -OCH3 is 1. The molecule has 0 aliphatic rings. The highest BCUT2D eigenvalue weighted by Crippen LogP contribution is 2.07. The average molecular weight is 265 g/mol. The van der Waals surface area contributed by atoms with Crippen LogP contribution in [0.4, 0.5) is 0 Å². The first-order valence-electron chi connectivity index (χ1n) is 7.13. The van der Waals surface area contributed by atoms with Crippen molar-refractivity contribution >= 4 is 0 Å². The summed E-state index contributed by atoms with van der Waals surface area (Å²) in [6, 6.07) is 0. The minimum absolute atomic E-state index is 0.775. The van der Waals surface area contributed by atoms with Crippen LogP contribution in [-0.2, 0) is 17.7 Å². The van der Waals surface area contributed by atoms with Crippen molar-refractivity contribution < 1.29 is 4.74 Å². The number of imidazole rings is 1. The Labute approximate surface area is 116 Å². The first kappa shape index (κ1) is 15.9. The molecule has 1 aromatic rings. The lowest BCUT2D eigenvalue weighted by molar-refractivity contribution is 0.199. The Bertz CT molecular complexity index is 371. The zero-order valence-electron chi connectivity index (χ0n) is 12.5.